The Morgan fingerprint density at radius 2 is 0.913 bits per heavy atom. The lowest BCUT2D eigenvalue weighted by atomic mass is 9.68. The van der Waals surface area contributed by atoms with Crippen molar-refractivity contribution in [1.29, 1.82) is 0 Å². The first-order valence-electron chi connectivity index (χ1n) is 24.4. The van der Waals surface area contributed by atoms with Gasteiger partial charge in [0.25, 0.3) is 0 Å². The minimum absolute atomic E-state index is 0.0549. The minimum atomic E-state index is -0.595. The van der Waals surface area contributed by atoms with Crippen LogP contribution in [0, 0.1) is 0 Å². The van der Waals surface area contributed by atoms with Crippen LogP contribution in [0.2, 0.25) is 0 Å². The van der Waals surface area contributed by atoms with Gasteiger partial charge in [0.05, 0.1) is 16.5 Å². The molecule has 2 heteroatoms. The van der Waals surface area contributed by atoms with Gasteiger partial charge in [-0.3, -0.25) is 0 Å². The van der Waals surface area contributed by atoms with E-state index in [4.69, 9.17) is 4.42 Å². The molecular formula is C67H53NO. The Balaban J connectivity index is 1.12. The molecule has 69 heavy (non-hydrogen) atoms. The zero-order chi connectivity index (χ0) is 46.8. The summed E-state index contributed by atoms with van der Waals surface area (Å²) in [5, 5.41) is 4.71. The smallest absolute Gasteiger partial charge is 0.137 e. The van der Waals surface area contributed by atoms with E-state index >= 15 is 0 Å². The number of hydrogen-bond acceptors (Lipinski definition) is 2. The Hall–Kier alpha value is -7.94. The van der Waals surface area contributed by atoms with Crippen molar-refractivity contribution < 1.29 is 4.42 Å². The lowest BCUT2D eigenvalue weighted by Gasteiger charge is -2.34. The molecule has 0 bridgehead atoms. The van der Waals surface area contributed by atoms with Gasteiger partial charge in [-0.15, -0.1) is 0 Å². The third-order valence-corrected chi connectivity index (χ3v) is 15.2. The predicted molar refractivity (Wildman–Crippen MR) is 290 cm³/mol. The number of anilines is 3. The molecule has 13 rings (SSSR count). The summed E-state index contributed by atoms with van der Waals surface area (Å²) >= 11 is 0. The Morgan fingerprint density at radius 1 is 0.362 bits per heavy atom. The summed E-state index contributed by atoms with van der Waals surface area (Å²) in [5.74, 6) is 0. The van der Waals surface area contributed by atoms with Crippen molar-refractivity contribution in [2.45, 2.75) is 57.8 Å². The molecule has 0 saturated carbocycles. The van der Waals surface area contributed by atoms with E-state index in [0.29, 0.717) is 0 Å². The Labute approximate surface area is 405 Å². The number of rotatable bonds is 5. The molecule has 2 nitrogen and oxygen atoms in total. The van der Waals surface area contributed by atoms with Gasteiger partial charge in [-0.25, -0.2) is 0 Å². The molecule has 0 aliphatic heterocycles. The average molecular weight is 888 g/mol. The molecule has 1 aromatic heterocycles. The van der Waals surface area contributed by atoms with Crippen LogP contribution in [0.3, 0.4) is 0 Å². The van der Waals surface area contributed by atoms with E-state index in [9.17, 15) is 0 Å². The predicted octanol–water partition coefficient (Wildman–Crippen LogP) is 18.5. The molecule has 0 atom stereocenters. The molecule has 0 N–H and O–H groups in total. The number of nitrogens with zero attached hydrogens (tertiary/aromatic N) is 1. The second-order valence-corrected chi connectivity index (χ2v) is 21.3. The summed E-state index contributed by atoms with van der Waals surface area (Å²) in [6, 6.07) is 79.5. The molecule has 0 radical (unpaired) electrons. The van der Waals surface area contributed by atoms with Gasteiger partial charge in [-0.05, 0) is 148 Å². The van der Waals surface area contributed by atoms with Crippen LogP contribution in [0.5, 0.6) is 0 Å². The largest absolute Gasteiger partial charge is 0.456 e. The van der Waals surface area contributed by atoms with Gasteiger partial charge in [-0.2, -0.15) is 0 Å². The maximum absolute atomic E-state index is 6.59. The van der Waals surface area contributed by atoms with Crippen LogP contribution < -0.4 is 4.90 Å². The van der Waals surface area contributed by atoms with Gasteiger partial charge >= 0.3 is 0 Å². The highest BCUT2D eigenvalue weighted by atomic mass is 16.3. The minimum Gasteiger partial charge on any atom is -0.456 e. The van der Waals surface area contributed by atoms with Gasteiger partial charge in [-0.1, -0.05) is 205 Å². The van der Waals surface area contributed by atoms with E-state index in [0.717, 1.165) is 39.0 Å². The summed E-state index contributed by atoms with van der Waals surface area (Å²) < 4.78 is 6.59. The van der Waals surface area contributed by atoms with E-state index in [1.54, 1.807) is 0 Å². The lowest BCUT2D eigenvalue weighted by Crippen LogP contribution is -2.27. The summed E-state index contributed by atoms with van der Waals surface area (Å²) in [4.78, 5) is 2.46. The number of furan rings is 1. The zero-order valence-electron chi connectivity index (χ0n) is 40.1. The molecule has 1 heterocycles. The summed E-state index contributed by atoms with van der Waals surface area (Å²) in [7, 11) is 0. The van der Waals surface area contributed by atoms with Gasteiger partial charge in [0.1, 0.15) is 11.2 Å². The molecule has 10 aromatic carbocycles. The maximum Gasteiger partial charge on any atom is 0.137 e. The molecule has 0 fully saturated rings. The van der Waals surface area contributed by atoms with Crippen LogP contribution in [-0.2, 0) is 16.2 Å². The molecule has 11 aromatic rings. The molecule has 0 amide bonds. The van der Waals surface area contributed by atoms with Crippen molar-refractivity contribution in [2.24, 2.45) is 0 Å². The topological polar surface area (TPSA) is 16.4 Å². The SMILES string of the molecule is CC(C)(C)c1ccc2c(c1)C1(c3ccc(-c4cccc5ccccc45)cc3-c3ccc(N(c4ccc(-c5ccccc5)cc4)c4cccc5oc6ccccc6c45)cc31)c1cc(C(C)(C)C)ccc1-2. The summed E-state index contributed by atoms with van der Waals surface area (Å²) in [5.41, 5.74) is 22.3. The first-order chi connectivity index (χ1) is 33.5. The third-order valence-electron chi connectivity index (χ3n) is 15.2. The summed E-state index contributed by atoms with van der Waals surface area (Å²) in [6.07, 6.45) is 0. The molecule has 2 aliphatic carbocycles. The lowest BCUT2D eigenvalue weighted by molar-refractivity contribution is 0.586. The highest BCUT2D eigenvalue weighted by molar-refractivity contribution is 6.13. The van der Waals surface area contributed by atoms with Crippen LogP contribution >= 0.6 is 0 Å². The molecule has 2 aliphatic rings. The number of hydrogen-bond donors (Lipinski definition) is 0. The van der Waals surface area contributed by atoms with Crippen molar-refractivity contribution in [3.63, 3.8) is 0 Å². The third kappa shape index (κ3) is 6.24. The first-order valence-corrected chi connectivity index (χ1v) is 24.4. The van der Waals surface area contributed by atoms with Gasteiger partial charge < -0.3 is 9.32 Å². The number of fused-ring (bicyclic) bond motifs is 14. The Kier molecular flexibility index (Phi) is 8.99. The maximum atomic E-state index is 6.59. The van der Waals surface area contributed by atoms with Gasteiger partial charge in [0.2, 0.25) is 0 Å². The van der Waals surface area contributed by atoms with Crippen molar-refractivity contribution in [1.82, 2.24) is 0 Å². The Morgan fingerprint density at radius 3 is 1.64 bits per heavy atom. The normalized spacial score (nSPS) is 13.5. The monoisotopic (exact) mass is 887 g/mol. The zero-order valence-corrected chi connectivity index (χ0v) is 40.1. The number of benzene rings is 10. The highest BCUT2D eigenvalue weighted by Gasteiger charge is 2.52. The molecule has 0 unspecified atom stereocenters. The fourth-order valence-electron chi connectivity index (χ4n) is 11.7. The van der Waals surface area contributed by atoms with E-state index in [2.05, 4.69) is 259 Å². The first kappa shape index (κ1) is 41.3. The molecular weight excluding hydrogens is 835 g/mol. The summed E-state index contributed by atoms with van der Waals surface area (Å²) in [6.45, 7) is 14.0. The fourth-order valence-corrected chi connectivity index (χ4v) is 11.7. The van der Waals surface area contributed by atoms with Crippen LogP contribution in [-0.4, -0.2) is 0 Å². The fraction of sp³-hybridized carbons (Fsp3) is 0.134. The standard InChI is InChI=1S/C67H53NO/c1-65(2,3)46-29-34-52-53-35-30-47(66(4,5)6)40-59(53)67(58(52)39-46)57-37-28-45(51-22-14-19-44-18-10-11-20-50(44)51)38-56(57)54-36-33-49(41-60(54)67)68(48-31-26-43(27-32-48)42-16-8-7-9-17-42)61-23-15-25-63-64(61)55-21-12-13-24-62(55)69-63/h7-41H,1-6H3. The van der Waals surface area contributed by atoms with E-state index in [1.807, 2.05) is 0 Å². The van der Waals surface area contributed by atoms with Crippen molar-refractivity contribution in [3.05, 3.63) is 246 Å². The molecule has 1 spiro atoms. The Bertz CT molecular complexity index is 3790. The second-order valence-electron chi connectivity index (χ2n) is 21.3. The van der Waals surface area contributed by atoms with E-state index in [-0.39, 0.29) is 10.8 Å². The highest BCUT2D eigenvalue weighted by Crippen LogP contribution is 2.65. The van der Waals surface area contributed by atoms with Crippen molar-refractivity contribution in [3.8, 4) is 44.5 Å². The van der Waals surface area contributed by atoms with Gasteiger partial charge in [0.15, 0.2) is 0 Å². The van der Waals surface area contributed by atoms with Crippen LogP contribution in [0.25, 0.3) is 77.2 Å². The molecule has 332 valence electrons. The van der Waals surface area contributed by atoms with Crippen LogP contribution in [0.1, 0.15) is 74.9 Å². The second kappa shape index (κ2) is 15.0. The van der Waals surface area contributed by atoms with Crippen LogP contribution in [0.15, 0.2) is 217 Å². The number of para-hydroxylation sites is 1. The quantitative estimate of drug-likeness (QED) is 0.171. The average Bonchev–Trinajstić information content (AvgIpc) is 4.00. The van der Waals surface area contributed by atoms with Crippen molar-refractivity contribution >= 4 is 49.8 Å². The van der Waals surface area contributed by atoms with Gasteiger partial charge in [0, 0.05) is 16.8 Å². The van der Waals surface area contributed by atoms with E-state index < -0.39 is 5.41 Å². The van der Waals surface area contributed by atoms with E-state index in [1.165, 1.54) is 88.7 Å². The van der Waals surface area contributed by atoms with Crippen LogP contribution in [0.4, 0.5) is 17.1 Å². The van der Waals surface area contributed by atoms with Crippen molar-refractivity contribution in [2.75, 3.05) is 4.90 Å². The molecule has 0 saturated heterocycles.